The van der Waals surface area contributed by atoms with E-state index in [2.05, 4.69) is 4.98 Å². The van der Waals surface area contributed by atoms with Gasteiger partial charge in [0.2, 0.25) is 6.33 Å². The minimum Gasteiger partial charge on any atom is -0.358 e. The first-order chi connectivity index (χ1) is 13.1. The molecule has 0 radical (unpaired) electrons. The van der Waals surface area contributed by atoms with E-state index >= 15 is 0 Å². The van der Waals surface area contributed by atoms with Gasteiger partial charge < -0.3 is 10.1 Å². The number of nitrogens with zero attached hydrogens (tertiary/aromatic N) is 3. The number of ketones is 1. The highest BCUT2D eigenvalue weighted by Crippen LogP contribution is 2.42. The van der Waals surface area contributed by atoms with Crippen molar-refractivity contribution in [3.63, 3.8) is 0 Å². The van der Waals surface area contributed by atoms with Crippen LogP contribution >= 0.6 is 0 Å². The number of hydrogen-bond acceptors (Lipinski definition) is 4. The minimum absolute atomic E-state index is 0.0822. The van der Waals surface area contributed by atoms with Crippen molar-refractivity contribution < 1.29 is 9.72 Å². The number of aromatic nitrogens is 2. The Balaban J connectivity index is 1.79. The van der Waals surface area contributed by atoms with Gasteiger partial charge in [-0.05, 0) is 39.1 Å². The van der Waals surface area contributed by atoms with Gasteiger partial charge in [0, 0.05) is 5.92 Å². The fraction of sp³-hybridized carbons (Fsp3) is 0.143. The Morgan fingerprint density at radius 1 is 1.04 bits per heavy atom. The van der Waals surface area contributed by atoms with Crippen molar-refractivity contribution in [3.05, 3.63) is 101 Å². The van der Waals surface area contributed by atoms with E-state index in [1.807, 2.05) is 60.7 Å². The quantitative estimate of drug-likeness (QED) is 0.517. The number of allylic oxidation sites excluding steroid dienone is 2. The van der Waals surface area contributed by atoms with Gasteiger partial charge in [-0.15, -0.1) is 0 Å². The van der Waals surface area contributed by atoms with E-state index in [9.17, 15) is 14.9 Å². The number of nitro groups is 1. The van der Waals surface area contributed by atoms with Crippen LogP contribution in [-0.4, -0.2) is 20.3 Å². The standard InChI is InChI=1S/C21H17N3O3/c25-19-12-17(15-7-3-1-4-8-15)11-18(16-9-5-2-6-10-16)21(19)23-13-20(22-14-23)24(26)27/h1-10,12-14,18,21H,11H2/t18-,21+/m1/s1. The van der Waals surface area contributed by atoms with Crippen LogP contribution in [0.4, 0.5) is 5.82 Å². The maximum absolute atomic E-state index is 13.0. The molecule has 0 N–H and O–H groups in total. The summed E-state index contributed by atoms with van der Waals surface area (Å²) >= 11 is 0. The molecule has 0 spiro atoms. The highest BCUT2D eigenvalue weighted by atomic mass is 16.6. The third kappa shape index (κ3) is 3.29. The van der Waals surface area contributed by atoms with E-state index in [1.165, 1.54) is 12.5 Å². The molecule has 134 valence electrons. The molecule has 3 aromatic rings. The monoisotopic (exact) mass is 359 g/mol. The molecule has 0 bridgehead atoms. The van der Waals surface area contributed by atoms with Gasteiger partial charge in [-0.2, -0.15) is 0 Å². The number of carbonyl (C=O) groups is 1. The van der Waals surface area contributed by atoms with Crippen LogP contribution in [0.3, 0.4) is 0 Å². The summed E-state index contributed by atoms with van der Waals surface area (Å²) < 4.78 is 1.57. The summed E-state index contributed by atoms with van der Waals surface area (Å²) in [4.78, 5) is 27.3. The first-order valence-corrected chi connectivity index (χ1v) is 8.66. The maximum atomic E-state index is 13.0. The first-order valence-electron chi connectivity index (χ1n) is 8.66. The molecule has 6 heteroatoms. The Bertz CT molecular complexity index is 1010. The molecule has 0 saturated carbocycles. The zero-order valence-electron chi connectivity index (χ0n) is 14.4. The van der Waals surface area contributed by atoms with Crippen molar-refractivity contribution >= 4 is 17.2 Å². The summed E-state index contributed by atoms with van der Waals surface area (Å²) in [6.07, 6.45) is 5.03. The van der Waals surface area contributed by atoms with Crippen LogP contribution < -0.4 is 0 Å². The topological polar surface area (TPSA) is 78.0 Å². The van der Waals surface area contributed by atoms with Gasteiger partial charge in [-0.3, -0.25) is 9.36 Å². The Morgan fingerprint density at radius 3 is 2.33 bits per heavy atom. The van der Waals surface area contributed by atoms with E-state index in [1.54, 1.807) is 10.6 Å². The second-order valence-electron chi connectivity index (χ2n) is 6.54. The molecule has 0 saturated heterocycles. The van der Waals surface area contributed by atoms with Crippen molar-refractivity contribution in [2.24, 2.45) is 0 Å². The summed E-state index contributed by atoms with van der Waals surface area (Å²) in [7, 11) is 0. The fourth-order valence-electron chi connectivity index (χ4n) is 3.64. The summed E-state index contributed by atoms with van der Waals surface area (Å²) in [5.41, 5.74) is 3.01. The number of hydrogen-bond donors (Lipinski definition) is 0. The van der Waals surface area contributed by atoms with Crippen molar-refractivity contribution in [3.8, 4) is 0 Å². The average Bonchev–Trinajstić information content (AvgIpc) is 3.19. The molecule has 0 aliphatic heterocycles. The molecule has 0 unspecified atom stereocenters. The lowest BCUT2D eigenvalue weighted by atomic mass is 9.77. The van der Waals surface area contributed by atoms with Crippen LogP contribution in [0.1, 0.15) is 29.5 Å². The van der Waals surface area contributed by atoms with E-state index < -0.39 is 11.0 Å². The Labute approximate surface area is 155 Å². The van der Waals surface area contributed by atoms with Crippen LogP contribution in [0, 0.1) is 10.1 Å². The molecule has 2 aromatic carbocycles. The van der Waals surface area contributed by atoms with Gasteiger partial charge in [-0.25, -0.2) is 0 Å². The number of rotatable bonds is 4. The van der Waals surface area contributed by atoms with Crippen molar-refractivity contribution in [1.82, 2.24) is 9.55 Å². The second kappa shape index (κ2) is 6.99. The lowest BCUT2D eigenvalue weighted by Gasteiger charge is -2.31. The highest BCUT2D eigenvalue weighted by molar-refractivity contribution is 6.02. The van der Waals surface area contributed by atoms with Crippen LogP contribution in [-0.2, 0) is 4.79 Å². The van der Waals surface area contributed by atoms with Gasteiger partial charge >= 0.3 is 5.82 Å². The lowest BCUT2D eigenvalue weighted by Crippen LogP contribution is -2.28. The summed E-state index contributed by atoms with van der Waals surface area (Å²) in [6.45, 7) is 0. The number of benzene rings is 2. The van der Waals surface area contributed by atoms with Gasteiger partial charge in [0.15, 0.2) is 5.78 Å². The van der Waals surface area contributed by atoms with Crippen LogP contribution in [0.2, 0.25) is 0 Å². The third-order valence-corrected chi connectivity index (χ3v) is 4.90. The molecule has 27 heavy (non-hydrogen) atoms. The third-order valence-electron chi connectivity index (χ3n) is 4.90. The fourth-order valence-corrected chi connectivity index (χ4v) is 3.64. The predicted octanol–water partition coefficient (Wildman–Crippen LogP) is 4.17. The van der Waals surface area contributed by atoms with Crippen molar-refractivity contribution in [1.29, 1.82) is 0 Å². The summed E-state index contributed by atoms with van der Waals surface area (Å²) in [6, 6.07) is 19.0. The summed E-state index contributed by atoms with van der Waals surface area (Å²) in [5, 5.41) is 11.0. The molecule has 2 atom stereocenters. The largest absolute Gasteiger partial charge is 0.381 e. The number of carbonyl (C=O) groups excluding carboxylic acids is 1. The molecular weight excluding hydrogens is 342 g/mol. The predicted molar refractivity (Wildman–Crippen MR) is 101 cm³/mol. The summed E-state index contributed by atoms with van der Waals surface area (Å²) in [5.74, 6) is -0.471. The zero-order chi connectivity index (χ0) is 18.8. The van der Waals surface area contributed by atoms with Gasteiger partial charge in [0.25, 0.3) is 0 Å². The maximum Gasteiger partial charge on any atom is 0.381 e. The molecule has 1 aliphatic rings. The molecule has 1 heterocycles. The molecule has 6 nitrogen and oxygen atoms in total. The molecular formula is C21H17N3O3. The minimum atomic E-state index is -0.555. The molecule has 0 fully saturated rings. The van der Waals surface area contributed by atoms with Crippen molar-refractivity contribution in [2.45, 2.75) is 18.4 Å². The van der Waals surface area contributed by atoms with Gasteiger partial charge in [0.1, 0.15) is 12.2 Å². The second-order valence-corrected chi connectivity index (χ2v) is 6.54. The van der Waals surface area contributed by atoms with Crippen LogP contribution in [0.25, 0.3) is 5.57 Å². The van der Waals surface area contributed by atoms with Gasteiger partial charge in [-0.1, -0.05) is 60.7 Å². The molecule has 0 amide bonds. The average molecular weight is 359 g/mol. The zero-order valence-corrected chi connectivity index (χ0v) is 14.4. The molecule has 1 aromatic heterocycles. The SMILES string of the molecule is O=C1C=C(c2ccccc2)C[C@H](c2ccccc2)[C@@H]1n1cnc([N+](=O)[O-])c1. The normalized spacial score (nSPS) is 19.6. The van der Waals surface area contributed by atoms with E-state index in [-0.39, 0.29) is 17.5 Å². The smallest absolute Gasteiger partial charge is 0.358 e. The van der Waals surface area contributed by atoms with E-state index in [0.717, 1.165) is 16.7 Å². The van der Waals surface area contributed by atoms with Gasteiger partial charge in [0.05, 0.1) is 0 Å². The Hall–Kier alpha value is -3.54. The van der Waals surface area contributed by atoms with E-state index in [4.69, 9.17) is 0 Å². The first kappa shape index (κ1) is 16.9. The van der Waals surface area contributed by atoms with E-state index in [0.29, 0.717) is 6.42 Å². The Kier molecular flexibility index (Phi) is 4.38. The lowest BCUT2D eigenvalue weighted by molar-refractivity contribution is -0.389. The van der Waals surface area contributed by atoms with Crippen LogP contribution in [0.5, 0.6) is 0 Å². The van der Waals surface area contributed by atoms with Crippen LogP contribution in [0.15, 0.2) is 79.3 Å². The molecule has 4 rings (SSSR count). The number of imidazole rings is 1. The highest BCUT2D eigenvalue weighted by Gasteiger charge is 2.36. The molecule has 1 aliphatic carbocycles. The Morgan fingerprint density at radius 2 is 1.70 bits per heavy atom. The van der Waals surface area contributed by atoms with Crippen molar-refractivity contribution in [2.75, 3.05) is 0 Å².